The lowest BCUT2D eigenvalue weighted by Gasteiger charge is -2.34. The highest BCUT2D eigenvalue weighted by atomic mass is 32.1. The summed E-state index contributed by atoms with van der Waals surface area (Å²) >= 11 is 1.41. The number of nitrogens with zero attached hydrogens (tertiary/aromatic N) is 4. The molecule has 0 unspecified atom stereocenters. The van der Waals surface area contributed by atoms with Gasteiger partial charge in [0.1, 0.15) is 4.88 Å². The minimum atomic E-state index is 0.0735. The third kappa shape index (κ3) is 3.74. The summed E-state index contributed by atoms with van der Waals surface area (Å²) in [5.41, 5.74) is 2.53. The van der Waals surface area contributed by atoms with E-state index in [9.17, 15) is 9.90 Å². The van der Waals surface area contributed by atoms with E-state index in [0.717, 1.165) is 49.8 Å². The first-order valence-electron chi connectivity index (χ1n) is 8.29. The van der Waals surface area contributed by atoms with Crippen LogP contribution in [0.5, 0.6) is 0 Å². The van der Waals surface area contributed by atoms with Crippen LogP contribution in [-0.4, -0.2) is 90.2 Å². The van der Waals surface area contributed by atoms with E-state index >= 15 is 0 Å². The maximum Gasteiger partial charge on any atom is 0.265 e. The van der Waals surface area contributed by atoms with E-state index in [1.54, 1.807) is 5.51 Å². The number of aliphatic hydroxyl groups is 1. The second kappa shape index (κ2) is 7.25. The van der Waals surface area contributed by atoms with Gasteiger partial charge in [-0.15, -0.1) is 11.3 Å². The smallest absolute Gasteiger partial charge is 0.265 e. The Hall–Kier alpha value is -1.02. The van der Waals surface area contributed by atoms with Gasteiger partial charge in [-0.1, -0.05) is 0 Å². The van der Waals surface area contributed by atoms with Crippen LogP contribution in [0.4, 0.5) is 0 Å². The molecule has 3 rings (SSSR count). The zero-order valence-electron chi connectivity index (χ0n) is 13.9. The molecule has 1 amide bonds. The number of likely N-dealkylation sites (N-methyl/N-ethyl adjacent to an activating group) is 1. The Kier molecular flexibility index (Phi) is 5.31. The number of amides is 1. The summed E-state index contributed by atoms with van der Waals surface area (Å²) in [6.07, 6.45) is 0. The van der Waals surface area contributed by atoms with Crippen molar-refractivity contribution in [2.75, 3.05) is 59.5 Å². The van der Waals surface area contributed by atoms with Crippen molar-refractivity contribution in [2.45, 2.75) is 6.92 Å². The van der Waals surface area contributed by atoms with E-state index in [1.165, 1.54) is 11.3 Å². The Morgan fingerprint density at radius 3 is 2.61 bits per heavy atom. The molecule has 0 spiro atoms. The molecule has 7 heteroatoms. The minimum absolute atomic E-state index is 0.0735. The van der Waals surface area contributed by atoms with Crippen LogP contribution >= 0.6 is 11.3 Å². The number of aryl methyl sites for hydroxylation is 1. The van der Waals surface area contributed by atoms with Gasteiger partial charge in [-0.05, 0) is 19.9 Å². The second-order valence-corrected chi connectivity index (χ2v) is 7.64. The molecule has 1 aromatic rings. The van der Waals surface area contributed by atoms with Gasteiger partial charge in [0.05, 0.1) is 11.2 Å². The van der Waals surface area contributed by atoms with Crippen LogP contribution in [0.2, 0.25) is 0 Å². The predicted molar refractivity (Wildman–Crippen MR) is 90.8 cm³/mol. The first-order valence-corrected chi connectivity index (χ1v) is 9.17. The molecule has 2 aliphatic rings. The molecule has 0 saturated carbocycles. The summed E-state index contributed by atoms with van der Waals surface area (Å²) in [5.74, 6) is 0.622. The third-order valence-corrected chi connectivity index (χ3v) is 6.04. The van der Waals surface area contributed by atoms with Crippen molar-refractivity contribution < 1.29 is 9.90 Å². The maximum atomic E-state index is 12.7. The number of carbonyl (C=O) groups is 1. The molecule has 128 valence electrons. The summed E-state index contributed by atoms with van der Waals surface area (Å²) in [5, 5.41) is 9.72. The van der Waals surface area contributed by atoms with E-state index in [4.69, 9.17) is 0 Å². The van der Waals surface area contributed by atoms with E-state index in [-0.39, 0.29) is 18.4 Å². The van der Waals surface area contributed by atoms with Crippen molar-refractivity contribution in [3.63, 3.8) is 0 Å². The number of carbonyl (C=O) groups excluding carboxylic acids is 1. The maximum absolute atomic E-state index is 12.7. The fraction of sp³-hybridized carbons (Fsp3) is 0.750. The standard InChI is InChI=1S/C16H26N4O2S/c1-12-15(23-11-17-12)16(22)20-8-13(14(9-20)10-21)7-19-5-3-18(2)4-6-19/h11,13-14,21H,3-10H2,1-2H3/t13-,14-/m1/s1. The number of thiazole rings is 1. The first-order chi connectivity index (χ1) is 11.1. The van der Waals surface area contributed by atoms with Crippen molar-refractivity contribution in [2.24, 2.45) is 11.8 Å². The van der Waals surface area contributed by atoms with Crippen molar-refractivity contribution in [1.82, 2.24) is 19.7 Å². The lowest BCUT2D eigenvalue weighted by Crippen LogP contribution is -2.47. The number of aromatic nitrogens is 1. The van der Waals surface area contributed by atoms with Gasteiger partial charge in [0.2, 0.25) is 0 Å². The number of hydrogen-bond donors (Lipinski definition) is 1. The Balaban J connectivity index is 1.61. The highest BCUT2D eigenvalue weighted by molar-refractivity contribution is 7.11. The molecule has 0 aromatic carbocycles. The number of likely N-dealkylation sites (tertiary alicyclic amines) is 1. The minimum Gasteiger partial charge on any atom is -0.396 e. The van der Waals surface area contributed by atoms with Crippen LogP contribution < -0.4 is 0 Å². The molecule has 6 nitrogen and oxygen atoms in total. The van der Waals surface area contributed by atoms with Crippen LogP contribution in [0.15, 0.2) is 5.51 Å². The molecule has 0 radical (unpaired) electrons. The molecule has 2 saturated heterocycles. The largest absolute Gasteiger partial charge is 0.396 e. The van der Waals surface area contributed by atoms with Gasteiger partial charge in [-0.2, -0.15) is 0 Å². The van der Waals surface area contributed by atoms with E-state index < -0.39 is 0 Å². The van der Waals surface area contributed by atoms with Gasteiger partial charge in [0, 0.05) is 58.3 Å². The van der Waals surface area contributed by atoms with Gasteiger partial charge in [-0.3, -0.25) is 4.79 Å². The summed E-state index contributed by atoms with van der Waals surface area (Å²) in [6.45, 7) is 8.76. The molecule has 3 heterocycles. The lowest BCUT2D eigenvalue weighted by molar-refractivity contribution is 0.0781. The van der Waals surface area contributed by atoms with Gasteiger partial charge in [0.15, 0.2) is 0 Å². The quantitative estimate of drug-likeness (QED) is 0.860. The predicted octanol–water partition coefficient (Wildman–Crippen LogP) is 0.379. The van der Waals surface area contributed by atoms with Crippen LogP contribution in [0.1, 0.15) is 15.4 Å². The Bertz CT molecular complexity index is 542. The third-order valence-electron chi connectivity index (χ3n) is 5.13. The van der Waals surface area contributed by atoms with Crippen LogP contribution in [0.3, 0.4) is 0 Å². The van der Waals surface area contributed by atoms with Gasteiger partial charge in [-0.25, -0.2) is 4.98 Å². The lowest BCUT2D eigenvalue weighted by atomic mass is 9.96. The molecule has 1 N–H and O–H groups in total. The molecule has 0 bridgehead atoms. The van der Waals surface area contributed by atoms with E-state index in [1.807, 2.05) is 11.8 Å². The zero-order chi connectivity index (χ0) is 16.4. The summed E-state index contributed by atoms with van der Waals surface area (Å²) in [4.78, 5) is 24.3. The normalized spacial score (nSPS) is 26.8. The Morgan fingerprint density at radius 1 is 1.30 bits per heavy atom. The average molecular weight is 338 g/mol. The molecule has 0 aliphatic carbocycles. The highest BCUT2D eigenvalue weighted by Gasteiger charge is 2.37. The summed E-state index contributed by atoms with van der Waals surface area (Å²) < 4.78 is 0. The molecular formula is C16H26N4O2S. The SMILES string of the molecule is Cc1ncsc1C(=O)N1C[C@@H](CN2CCN(C)CC2)[C@@H](CO)C1. The molecule has 2 atom stereocenters. The molecule has 23 heavy (non-hydrogen) atoms. The summed E-state index contributed by atoms with van der Waals surface area (Å²) in [6, 6.07) is 0. The number of piperazine rings is 1. The van der Waals surface area contributed by atoms with Crippen molar-refractivity contribution >= 4 is 17.2 Å². The van der Waals surface area contributed by atoms with Gasteiger partial charge >= 0.3 is 0 Å². The molecule has 2 aliphatic heterocycles. The topological polar surface area (TPSA) is 59.9 Å². The second-order valence-electron chi connectivity index (χ2n) is 6.78. The monoisotopic (exact) mass is 338 g/mol. The number of hydrogen-bond acceptors (Lipinski definition) is 6. The molecule has 1 aromatic heterocycles. The fourth-order valence-corrected chi connectivity index (χ4v) is 4.30. The van der Waals surface area contributed by atoms with Crippen LogP contribution in [0.25, 0.3) is 0 Å². The number of rotatable bonds is 4. The van der Waals surface area contributed by atoms with Gasteiger partial charge in [0.25, 0.3) is 5.91 Å². The fourth-order valence-electron chi connectivity index (χ4n) is 3.53. The molecule has 2 fully saturated rings. The highest BCUT2D eigenvalue weighted by Crippen LogP contribution is 2.27. The van der Waals surface area contributed by atoms with Crippen LogP contribution in [0, 0.1) is 18.8 Å². The van der Waals surface area contributed by atoms with E-state index in [0.29, 0.717) is 12.5 Å². The summed E-state index contributed by atoms with van der Waals surface area (Å²) in [7, 11) is 2.15. The Morgan fingerprint density at radius 2 is 2.00 bits per heavy atom. The van der Waals surface area contributed by atoms with Crippen molar-refractivity contribution in [3.8, 4) is 0 Å². The van der Waals surface area contributed by atoms with Crippen molar-refractivity contribution in [3.05, 3.63) is 16.1 Å². The van der Waals surface area contributed by atoms with Gasteiger partial charge < -0.3 is 19.8 Å². The van der Waals surface area contributed by atoms with Crippen molar-refractivity contribution in [1.29, 1.82) is 0 Å². The number of aliphatic hydroxyl groups excluding tert-OH is 1. The van der Waals surface area contributed by atoms with Crippen LogP contribution in [-0.2, 0) is 0 Å². The average Bonchev–Trinajstić information content (AvgIpc) is 3.15. The van der Waals surface area contributed by atoms with E-state index in [2.05, 4.69) is 21.8 Å². The first kappa shape index (κ1) is 16.8. The zero-order valence-corrected chi connectivity index (χ0v) is 14.8. The molecular weight excluding hydrogens is 312 g/mol. The Labute approximate surface area is 141 Å².